The maximum atomic E-state index is 2.27. The van der Waals surface area contributed by atoms with Crippen molar-refractivity contribution in [3.05, 3.63) is 121 Å². The predicted octanol–water partition coefficient (Wildman–Crippen LogP) is 9.52. The molecule has 0 saturated heterocycles. The molecule has 2 radical (unpaired) electrons. The van der Waals surface area contributed by atoms with Crippen molar-refractivity contribution in [1.29, 1.82) is 0 Å². The summed E-state index contributed by atoms with van der Waals surface area (Å²) in [6, 6.07) is 42.0. The molecule has 0 unspecified atom stereocenters. The second kappa shape index (κ2) is 36.3. The molecule has 44 heavy (non-hydrogen) atoms. The van der Waals surface area contributed by atoms with Gasteiger partial charge in [0.2, 0.25) is 0 Å². The van der Waals surface area contributed by atoms with Crippen LogP contribution in [0.2, 0.25) is 0 Å². The molecule has 0 atom stereocenters. The Morgan fingerprint density at radius 2 is 0.386 bits per heavy atom. The quantitative estimate of drug-likeness (QED) is 0.181. The van der Waals surface area contributed by atoms with Gasteiger partial charge in [0.1, 0.15) is 0 Å². The minimum Gasteiger partial charge on any atom is -0.472 e. The largest absolute Gasteiger partial charge is 0.472 e. The molecule has 0 fully saturated rings. The average molecular weight is 797 g/mol. The minimum atomic E-state index is 0. The van der Waals surface area contributed by atoms with Crippen LogP contribution in [0.3, 0.4) is 0 Å². The maximum absolute atomic E-state index is 2.27. The van der Waals surface area contributed by atoms with Gasteiger partial charge in [0.05, 0.1) is 0 Å². The van der Waals surface area contributed by atoms with Crippen LogP contribution >= 0.6 is 48.8 Å². The topological polar surface area (TPSA) is 0 Å². The Kier molecular flexibility index (Phi) is 42.3. The summed E-state index contributed by atoms with van der Waals surface area (Å²) in [4.78, 5) is 0. The fourth-order valence-corrected chi connectivity index (χ4v) is 4.19. The fourth-order valence-electron chi connectivity index (χ4n) is 2.31. The Hall–Kier alpha value is 0.473. The van der Waals surface area contributed by atoms with Crippen molar-refractivity contribution in [3.8, 4) is 0 Å². The monoisotopic (exact) mass is 796 g/mol. The Morgan fingerprint density at radius 3 is 0.500 bits per heavy atom. The first-order chi connectivity index (χ1) is 19.8. The first-order valence-electron chi connectivity index (χ1n) is 14.5. The molecule has 0 aliphatic rings. The van der Waals surface area contributed by atoms with E-state index in [0.717, 1.165) is 0 Å². The van der Waals surface area contributed by atoms with Gasteiger partial charge in [0.15, 0.2) is 0 Å². The Bertz CT molecular complexity index is 880. The van der Waals surface area contributed by atoms with E-state index in [1.54, 1.807) is 0 Å². The first-order valence-corrected chi connectivity index (χ1v) is 28.3. The summed E-state index contributed by atoms with van der Waals surface area (Å²) in [5.41, 5.74) is 0. The van der Waals surface area contributed by atoms with Gasteiger partial charge in [-0.25, -0.2) is 21.2 Å². The molecule has 4 aromatic rings. The van der Waals surface area contributed by atoms with Crippen LogP contribution in [0.4, 0.5) is 0 Å². The molecule has 0 aliphatic carbocycles. The summed E-state index contributed by atoms with van der Waals surface area (Å²) in [5.74, 6) is 0. The SMILES string of the molecule is C[PH+](C)C.C[PH+](C)C.C[PH+](C)C.C[PH+](C)C.[Co].[Co].c1ccc([P-]c2ccccc2)cc1.c1ccc([P-]c2ccccc2)cc1. The molecule has 0 nitrogen and oxygen atoms in total. The second-order valence-electron chi connectivity index (χ2n) is 11.6. The molecule has 8 heteroatoms. The van der Waals surface area contributed by atoms with E-state index in [-0.39, 0.29) is 65.2 Å². The zero-order valence-corrected chi connectivity index (χ0v) is 37.0. The van der Waals surface area contributed by atoms with Crippen LogP contribution < -0.4 is 21.2 Å². The van der Waals surface area contributed by atoms with Crippen molar-refractivity contribution >= 4 is 70.1 Å². The molecule has 250 valence electrons. The van der Waals surface area contributed by atoms with Crippen LogP contribution in [0, 0.1) is 0 Å². The average Bonchev–Trinajstić information content (AvgIpc) is 2.90. The predicted molar refractivity (Wildman–Crippen MR) is 222 cm³/mol. The van der Waals surface area contributed by atoms with E-state index in [2.05, 4.69) is 177 Å². The summed E-state index contributed by atoms with van der Waals surface area (Å²) in [7, 11) is 3.05. The van der Waals surface area contributed by atoms with Crippen LogP contribution in [0.15, 0.2) is 121 Å². The van der Waals surface area contributed by atoms with Gasteiger partial charge in [0.25, 0.3) is 0 Å². The van der Waals surface area contributed by atoms with Gasteiger partial charge >= 0.3 is 0 Å². The van der Waals surface area contributed by atoms with E-state index in [0.29, 0.717) is 0 Å². The van der Waals surface area contributed by atoms with Crippen LogP contribution in [-0.2, 0) is 33.6 Å². The summed E-state index contributed by atoms with van der Waals surface area (Å²) in [5, 5.41) is 5.37. The number of benzene rings is 4. The van der Waals surface area contributed by atoms with Gasteiger partial charge in [-0.05, 0) is 31.7 Å². The van der Waals surface area contributed by atoms with Gasteiger partial charge in [-0.15, -0.1) is 0 Å². The maximum Gasteiger partial charge on any atom is 0.0461 e. The third kappa shape index (κ3) is 44.6. The summed E-state index contributed by atoms with van der Waals surface area (Å²) >= 11 is 0. The van der Waals surface area contributed by atoms with E-state index in [4.69, 9.17) is 0 Å². The van der Waals surface area contributed by atoms with Crippen molar-refractivity contribution in [3.63, 3.8) is 0 Å². The van der Waals surface area contributed by atoms with E-state index >= 15 is 0 Å². The molecular weight excluding hydrogens is 736 g/mol. The molecule has 0 saturated carbocycles. The number of rotatable bonds is 4. The molecule has 0 aliphatic heterocycles. The zero-order valence-electron chi connectivity index (χ0n) is 29.1. The van der Waals surface area contributed by atoms with E-state index < -0.39 is 0 Å². The van der Waals surface area contributed by atoms with Crippen LogP contribution in [0.25, 0.3) is 0 Å². The molecule has 0 N–H and O–H groups in total. The molecule has 0 heterocycles. The molecule has 0 bridgehead atoms. The van der Waals surface area contributed by atoms with Gasteiger partial charge in [-0.3, -0.25) is 0 Å². The summed E-state index contributed by atoms with van der Waals surface area (Å²) in [6.45, 7) is 27.2. The van der Waals surface area contributed by atoms with Gasteiger partial charge < -0.3 is 17.2 Å². The molecule has 0 amide bonds. The summed E-state index contributed by atoms with van der Waals surface area (Å²) in [6.07, 6.45) is 0. The van der Waals surface area contributed by atoms with E-state index in [1.165, 1.54) is 38.4 Å². The minimum absolute atomic E-state index is 0. The van der Waals surface area contributed by atoms with Gasteiger partial charge in [-0.2, -0.15) is 0 Å². The van der Waals surface area contributed by atoms with Crippen molar-refractivity contribution in [2.75, 3.05) is 80.0 Å². The Balaban J connectivity index is -0.000000241. The Labute approximate surface area is 302 Å². The van der Waals surface area contributed by atoms with Crippen molar-refractivity contribution in [2.45, 2.75) is 0 Å². The molecule has 4 aromatic carbocycles. The summed E-state index contributed by atoms with van der Waals surface area (Å²) < 4.78 is 0. The third-order valence-corrected chi connectivity index (χ3v) is 5.77. The van der Waals surface area contributed by atoms with Crippen molar-refractivity contribution in [1.82, 2.24) is 0 Å². The van der Waals surface area contributed by atoms with Crippen LogP contribution in [0.5, 0.6) is 0 Å². The number of hydrogen-bond donors (Lipinski definition) is 0. The standard InChI is InChI=1S/2C12H10P.4C3H9P.2Co/c2*1-3-7-11(8-4-1)13-12-9-5-2-6-10-12;4*1-4(2)3;;/h2*1-10H;4*1-3H3;;/q2*-1;;;;;;/p+4. The second-order valence-corrected chi connectivity index (χ2v) is 26.1. The van der Waals surface area contributed by atoms with Crippen molar-refractivity contribution in [2.24, 2.45) is 0 Å². The van der Waals surface area contributed by atoms with E-state index in [9.17, 15) is 0 Å². The molecular formula is C36H60Co2P6+2. The zero-order chi connectivity index (χ0) is 32.2. The first kappa shape index (κ1) is 51.3. The molecule has 0 aromatic heterocycles. The molecule has 0 spiro atoms. The fraction of sp³-hybridized carbons (Fsp3) is 0.333. The van der Waals surface area contributed by atoms with E-state index in [1.807, 2.05) is 24.3 Å². The third-order valence-electron chi connectivity index (χ3n) is 3.54. The smallest absolute Gasteiger partial charge is 0.0461 e. The van der Waals surface area contributed by atoms with Crippen LogP contribution in [0.1, 0.15) is 0 Å². The van der Waals surface area contributed by atoms with Crippen LogP contribution in [-0.4, -0.2) is 80.0 Å². The van der Waals surface area contributed by atoms with Gasteiger partial charge in [-0.1, -0.05) is 121 Å². The molecule has 4 rings (SSSR count). The number of hydrogen-bond acceptors (Lipinski definition) is 0. The Morgan fingerprint density at radius 1 is 0.273 bits per heavy atom. The normalized spacial score (nSPS) is 9.09. The van der Waals surface area contributed by atoms with Gasteiger partial charge in [0, 0.05) is 114 Å². The van der Waals surface area contributed by atoms with Crippen molar-refractivity contribution < 1.29 is 33.6 Å².